The second kappa shape index (κ2) is 6.80. The maximum atomic E-state index is 13.1. The number of pyridine rings is 1. The van der Waals surface area contributed by atoms with E-state index in [-0.39, 0.29) is 16.1 Å². The van der Waals surface area contributed by atoms with Crippen molar-refractivity contribution in [1.29, 1.82) is 0 Å². The number of anilines is 1. The van der Waals surface area contributed by atoms with Gasteiger partial charge in [0.15, 0.2) is 0 Å². The van der Waals surface area contributed by atoms with Gasteiger partial charge in [0.25, 0.3) is 10.0 Å². The summed E-state index contributed by atoms with van der Waals surface area (Å²) in [6, 6.07) is 15.2. The van der Waals surface area contributed by atoms with Gasteiger partial charge in [-0.2, -0.15) is 13.2 Å². The minimum atomic E-state index is -4.60. The Hall–Kier alpha value is -2.87. The van der Waals surface area contributed by atoms with Crippen LogP contribution in [0, 0.1) is 0 Å². The first-order chi connectivity index (χ1) is 12.3. The van der Waals surface area contributed by atoms with Crippen LogP contribution in [0.4, 0.5) is 18.9 Å². The van der Waals surface area contributed by atoms with E-state index in [0.29, 0.717) is 5.69 Å². The van der Waals surface area contributed by atoms with Gasteiger partial charge in [0, 0.05) is 11.8 Å². The highest BCUT2D eigenvalue weighted by Crippen LogP contribution is 2.36. The Labute approximate surface area is 148 Å². The number of aromatic nitrogens is 1. The monoisotopic (exact) mass is 378 g/mol. The Morgan fingerprint density at radius 2 is 1.58 bits per heavy atom. The number of sulfonamides is 1. The fraction of sp³-hybridized carbons (Fsp3) is 0.0556. The van der Waals surface area contributed by atoms with Crippen LogP contribution >= 0.6 is 0 Å². The number of benzene rings is 2. The molecule has 0 fully saturated rings. The third-order valence-corrected chi connectivity index (χ3v) is 4.97. The fourth-order valence-electron chi connectivity index (χ4n) is 2.35. The number of halogens is 3. The first-order valence-electron chi connectivity index (χ1n) is 7.48. The lowest BCUT2D eigenvalue weighted by molar-refractivity contribution is -0.137. The van der Waals surface area contributed by atoms with Gasteiger partial charge in [0.1, 0.15) is 0 Å². The molecule has 0 unspecified atom stereocenters. The van der Waals surface area contributed by atoms with E-state index in [4.69, 9.17) is 0 Å². The number of rotatable bonds is 4. The molecule has 4 nitrogen and oxygen atoms in total. The van der Waals surface area contributed by atoms with E-state index in [1.165, 1.54) is 36.5 Å². The lowest BCUT2D eigenvalue weighted by Gasteiger charge is -2.15. The van der Waals surface area contributed by atoms with Gasteiger partial charge in [-0.25, -0.2) is 8.42 Å². The topological polar surface area (TPSA) is 59.1 Å². The van der Waals surface area contributed by atoms with Crippen LogP contribution in [0.2, 0.25) is 0 Å². The predicted octanol–water partition coefficient (Wildman–Crippen LogP) is 4.57. The maximum Gasteiger partial charge on any atom is 0.416 e. The van der Waals surface area contributed by atoms with Crippen LogP contribution in [-0.4, -0.2) is 13.4 Å². The Morgan fingerprint density at radius 3 is 2.19 bits per heavy atom. The highest BCUT2D eigenvalue weighted by molar-refractivity contribution is 7.92. The molecular weight excluding hydrogens is 365 g/mol. The van der Waals surface area contributed by atoms with Crippen molar-refractivity contribution in [1.82, 2.24) is 4.98 Å². The summed E-state index contributed by atoms with van der Waals surface area (Å²) in [6.07, 6.45) is -3.13. The van der Waals surface area contributed by atoms with Crippen molar-refractivity contribution in [2.75, 3.05) is 4.72 Å². The normalized spacial score (nSPS) is 12.0. The Bertz CT molecular complexity index is 1010. The Balaban J connectivity index is 2.11. The van der Waals surface area contributed by atoms with Crippen molar-refractivity contribution in [3.63, 3.8) is 0 Å². The van der Waals surface area contributed by atoms with Crippen molar-refractivity contribution >= 4 is 15.7 Å². The highest BCUT2D eigenvalue weighted by Gasteiger charge is 2.31. The molecule has 0 aliphatic heterocycles. The van der Waals surface area contributed by atoms with Gasteiger partial charge in [-0.1, -0.05) is 30.3 Å². The molecular formula is C18H13F3N2O2S. The molecule has 0 bridgehead atoms. The molecule has 0 saturated carbocycles. The molecule has 1 N–H and O–H groups in total. The summed E-state index contributed by atoms with van der Waals surface area (Å²) in [5, 5.41) is 0. The van der Waals surface area contributed by atoms with Crippen LogP contribution in [0.15, 0.2) is 77.8 Å². The van der Waals surface area contributed by atoms with E-state index < -0.39 is 21.8 Å². The quantitative estimate of drug-likeness (QED) is 0.724. The molecule has 0 atom stereocenters. The van der Waals surface area contributed by atoms with Crippen LogP contribution in [0.5, 0.6) is 0 Å². The van der Waals surface area contributed by atoms with Gasteiger partial charge in [-0.3, -0.25) is 9.71 Å². The van der Waals surface area contributed by atoms with Gasteiger partial charge < -0.3 is 0 Å². The maximum absolute atomic E-state index is 13.1. The van der Waals surface area contributed by atoms with E-state index in [0.717, 1.165) is 12.1 Å². The van der Waals surface area contributed by atoms with Gasteiger partial charge in [0.2, 0.25) is 0 Å². The van der Waals surface area contributed by atoms with Gasteiger partial charge in [-0.15, -0.1) is 0 Å². The number of hydrogen-bond donors (Lipinski definition) is 1. The van der Waals surface area contributed by atoms with Crippen molar-refractivity contribution in [2.24, 2.45) is 0 Å². The molecule has 8 heteroatoms. The SMILES string of the molecule is O=S(=O)(Nc1cc(C(F)(F)F)ccc1-c1ccccn1)c1ccccc1. The van der Waals surface area contributed by atoms with Crippen molar-refractivity contribution in [3.05, 3.63) is 78.5 Å². The fourth-order valence-corrected chi connectivity index (χ4v) is 3.45. The van der Waals surface area contributed by atoms with Crippen LogP contribution < -0.4 is 4.72 Å². The Kier molecular flexibility index (Phi) is 4.69. The van der Waals surface area contributed by atoms with Gasteiger partial charge >= 0.3 is 6.18 Å². The average molecular weight is 378 g/mol. The van der Waals surface area contributed by atoms with Gasteiger partial charge in [-0.05, 0) is 36.4 Å². The minimum Gasteiger partial charge on any atom is -0.279 e. The second-order valence-corrected chi connectivity index (χ2v) is 7.07. The molecule has 0 aliphatic carbocycles. The summed E-state index contributed by atoms with van der Waals surface area (Å²) in [5.74, 6) is 0. The molecule has 0 radical (unpaired) electrons. The summed E-state index contributed by atoms with van der Waals surface area (Å²) in [5.41, 5.74) is -0.546. The molecule has 1 aromatic heterocycles. The van der Waals surface area contributed by atoms with Crippen LogP contribution in [0.3, 0.4) is 0 Å². The standard InChI is InChI=1S/C18H13F3N2O2S/c19-18(20,21)13-9-10-15(16-8-4-5-11-22-16)17(12-13)23-26(24,25)14-6-2-1-3-7-14/h1-12,23H. The molecule has 0 saturated heterocycles. The number of nitrogens with one attached hydrogen (secondary N) is 1. The number of alkyl halides is 3. The summed E-state index contributed by atoms with van der Waals surface area (Å²) in [4.78, 5) is 4.04. The molecule has 0 spiro atoms. The lowest BCUT2D eigenvalue weighted by Crippen LogP contribution is -2.15. The molecule has 3 aromatic rings. The third-order valence-electron chi connectivity index (χ3n) is 3.59. The van der Waals surface area contributed by atoms with Crippen molar-refractivity contribution in [2.45, 2.75) is 11.1 Å². The third kappa shape index (κ3) is 3.85. The second-order valence-electron chi connectivity index (χ2n) is 5.39. The Morgan fingerprint density at radius 1 is 0.885 bits per heavy atom. The first kappa shape index (κ1) is 17.9. The summed E-state index contributed by atoms with van der Waals surface area (Å²) >= 11 is 0. The molecule has 3 rings (SSSR count). The molecule has 134 valence electrons. The van der Waals surface area contributed by atoms with Crippen LogP contribution in [0.1, 0.15) is 5.56 Å². The lowest BCUT2D eigenvalue weighted by atomic mass is 10.1. The molecule has 26 heavy (non-hydrogen) atoms. The van der Waals surface area contributed by atoms with E-state index in [1.54, 1.807) is 24.3 Å². The van der Waals surface area contributed by atoms with E-state index >= 15 is 0 Å². The molecule has 0 amide bonds. The predicted molar refractivity (Wildman–Crippen MR) is 91.9 cm³/mol. The summed E-state index contributed by atoms with van der Waals surface area (Å²) < 4.78 is 66.5. The zero-order valence-corrected chi connectivity index (χ0v) is 14.1. The summed E-state index contributed by atoms with van der Waals surface area (Å²) in [6.45, 7) is 0. The molecule has 2 aromatic carbocycles. The zero-order chi connectivity index (χ0) is 18.8. The highest BCUT2D eigenvalue weighted by atomic mass is 32.2. The van der Waals surface area contributed by atoms with Crippen molar-refractivity contribution < 1.29 is 21.6 Å². The first-order valence-corrected chi connectivity index (χ1v) is 8.96. The van der Waals surface area contributed by atoms with E-state index in [9.17, 15) is 21.6 Å². The van der Waals surface area contributed by atoms with Crippen molar-refractivity contribution in [3.8, 4) is 11.3 Å². The van der Waals surface area contributed by atoms with E-state index in [2.05, 4.69) is 9.71 Å². The van der Waals surface area contributed by atoms with Crippen LogP contribution in [-0.2, 0) is 16.2 Å². The van der Waals surface area contributed by atoms with E-state index in [1.807, 2.05) is 0 Å². The average Bonchev–Trinajstić information content (AvgIpc) is 2.62. The largest absolute Gasteiger partial charge is 0.416 e. The molecule has 0 aliphatic rings. The number of nitrogens with zero attached hydrogens (tertiary/aromatic N) is 1. The minimum absolute atomic E-state index is 0.0515. The number of hydrogen-bond acceptors (Lipinski definition) is 3. The molecule has 1 heterocycles. The zero-order valence-electron chi connectivity index (χ0n) is 13.2. The van der Waals surface area contributed by atoms with Gasteiger partial charge in [0.05, 0.1) is 21.8 Å². The van der Waals surface area contributed by atoms with Crippen LogP contribution in [0.25, 0.3) is 11.3 Å². The smallest absolute Gasteiger partial charge is 0.279 e. The summed E-state index contributed by atoms with van der Waals surface area (Å²) in [7, 11) is -4.05.